The maximum atomic E-state index is 11.5. The van der Waals surface area contributed by atoms with Crippen LogP contribution in [0.25, 0.3) is 22.4 Å². The lowest BCUT2D eigenvalue weighted by Gasteiger charge is -2.03. The van der Waals surface area contributed by atoms with Crippen LogP contribution in [0.3, 0.4) is 0 Å². The average molecular weight is 307 g/mol. The van der Waals surface area contributed by atoms with Gasteiger partial charge in [-0.2, -0.15) is 0 Å². The van der Waals surface area contributed by atoms with Gasteiger partial charge in [0.1, 0.15) is 5.82 Å². The predicted octanol–water partition coefficient (Wildman–Crippen LogP) is 2.81. The number of aromatic nitrogens is 2. The fourth-order valence-electron chi connectivity index (χ4n) is 2.13. The minimum atomic E-state index is -1.17. The van der Waals surface area contributed by atoms with Crippen LogP contribution in [0.15, 0.2) is 60.7 Å². The van der Waals surface area contributed by atoms with Crippen LogP contribution in [0.4, 0.5) is 5.69 Å². The molecular formula is C17H13N3O3. The number of aromatic amines is 1. The summed E-state index contributed by atoms with van der Waals surface area (Å²) in [5.74, 6) is -0.917. The van der Waals surface area contributed by atoms with Gasteiger partial charge in [-0.25, -0.2) is 9.78 Å². The van der Waals surface area contributed by atoms with Crippen LogP contribution in [0, 0.1) is 0 Å². The van der Waals surface area contributed by atoms with Crippen LogP contribution in [0.1, 0.15) is 0 Å². The number of anilines is 1. The van der Waals surface area contributed by atoms with E-state index in [1.54, 1.807) is 12.1 Å². The molecule has 6 nitrogen and oxygen atoms in total. The number of imidazole rings is 1. The Labute approximate surface area is 131 Å². The highest BCUT2D eigenvalue weighted by molar-refractivity contribution is 6.02. The van der Waals surface area contributed by atoms with Crippen molar-refractivity contribution in [1.29, 1.82) is 0 Å². The van der Waals surface area contributed by atoms with Crippen molar-refractivity contribution in [3.8, 4) is 11.4 Å². The van der Waals surface area contributed by atoms with E-state index in [4.69, 9.17) is 5.11 Å². The van der Waals surface area contributed by atoms with Gasteiger partial charge in [0, 0.05) is 23.4 Å². The molecular weight excluding hydrogens is 294 g/mol. The zero-order valence-corrected chi connectivity index (χ0v) is 12.0. The van der Waals surface area contributed by atoms with E-state index in [-0.39, 0.29) is 0 Å². The minimum absolute atomic E-state index is 0.496. The monoisotopic (exact) mass is 307 g/mol. The Morgan fingerprint density at radius 2 is 1.78 bits per heavy atom. The molecule has 1 aromatic heterocycles. The Balaban J connectivity index is 1.76. The predicted molar refractivity (Wildman–Crippen MR) is 86.9 cm³/mol. The third-order valence-corrected chi connectivity index (χ3v) is 3.19. The Morgan fingerprint density at radius 3 is 2.48 bits per heavy atom. The number of carboxylic acid groups (broad SMARTS) is 1. The number of amides is 1. The highest BCUT2D eigenvalue weighted by Crippen LogP contribution is 2.21. The second-order valence-corrected chi connectivity index (χ2v) is 4.84. The van der Waals surface area contributed by atoms with Crippen molar-refractivity contribution in [3.63, 3.8) is 0 Å². The van der Waals surface area contributed by atoms with Crippen molar-refractivity contribution < 1.29 is 14.7 Å². The standard InChI is InChI=1S/C17H13N3O3/c21-15(9-10-16(22)23)18-12-7-5-11(6-8-12)17-19-13-3-1-2-4-14(13)20-17/h1-10H,(H,18,21)(H,19,20)(H,22,23)/b10-9-. The summed E-state index contributed by atoms with van der Waals surface area (Å²) in [4.78, 5) is 29.6. The molecule has 0 fully saturated rings. The molecule has 0 bridgehead atoms. The molecule has 3 rings (SSSR count). The zero-order valence-electron chi connectivity index (χ0n) is 12.0. The molecule has 0 aliphatic heterocycles. The van der Waals surface area contributed by atoms with Gasteiger partial charge < -0.3 is 15.4 Å². The van der Waals surface area contributed by atoms with Crippen molar-refractivity contribution >= 4 is 28.6 Å². The van der Waals surface area contributed by atoms with Gasteiger partial charge in [0.25, 0.3) is 0 Å². The molecule has 3 aromatic rings. The smallest absolute Gasteiger partial charge is 0.328 e. The molecule has 114 valence electrons. The fraction of sp³-hybridized carbons (Fsp3) is 0. The number of carbonyl (C=O) groups is 2. The first-order valence-electron chi connectivity index (χ1n) is 6.89. The van der Waals surface area contributed by atoms with Crippen molar-refractivity contribution in [2.24, 2.45) is 0 Å². The van der Waals surface area contributed by atoms with Gasteiger partial charge in [0.15, 0.2) is 0 Å². The molecule has 0 radical (unpaired) electrons. The summed E-state index contributed by atoms with van der Waals surface area (Å²) in [6.07, 6.45) is 1.76. The van der Waals surface area contributed by atoms with Gasteiger partial charge in [-0.1, -0.05) is 12.1 Å². The van der Waals surface area contributed by atoms with E-state index in [9.17, 15) is 9.59 Å². The summed E-state index contributed by atoms with van der Waals surface area (Å²) in [5.41, 5.74) is 3.31. The third kappa shape index (κ3) is 3.44. The maximum Gasteiger partial charge on any atom is 0.328 e. The number of aliphatic carboxylic acids is 1. The first kappa shape index (κ1) is 14.5. The molecule has 6 heteroatoms. The molecule has 1 heterocycles. The number of nitrogens with zero attached hydrogens (tertiary/aromatic N) is 1. The normalized spacial score (nSPS) is 11.0. The van der Waals surface area contributed by atoms with Gasteiger partial charge in [-0.3, -0.25) is 4.79 Å². The molecule has 0 saturated carbocycles. The molecule has 1 amide bonds. The summed E-state index contributed by atoms with van der Waals surface area (Å²) >= 11 is 0. The van der Waals surface area contributed by atoms with Crippen LogP contribution in [-0.2, 0) is 9.59 Å². The summed E-state index contributed by atoms with van der Waals surface area (Å²) in [6, 6.07) is 14.9. The van der Waals surface area contributed by atoms with E-state index in [2.05, 4.69) is 15.3 Å². The number of hydrogen-bond donors (Lipinski definition) is 3. The lowest BCUT2D eigenvalue weighted by Crippen LogP contribution is -2.08. The van der Waals surface area contributed by atoms with E-state index < -0.39 is 11.9 Å². The SMILES string of the molecule is O=C(O)/C=C\C(=O)Nc1ccc(-c2nc3ccccc3[nH]2)cc1. The van der Waals surface area contributed by atoms with Gasteiger partial charge in [0.05, 0.1) is 11.0 Å². The number of benzene rings is 2. The van der Waals surface area contributed by atoms with Crippen LogP contribution in [0.5, 0.6) is 0 Å². The number of H-pyrrole nitrogens is 1. The molecule has 2 aromatic carbocycles. The number of fused-ring (bicyclic) bond motifs is 1. The maximum absolute atomic E-state index is 11.5. The number of rotatable bonds is 4. The molecule has 3 N–H and O–H groups in total. The lowest BCUT2D eigenvalue weighted by atomic mass is 10.2. The summed E-state index contributed by atoms with van der Waals surface area (Å²) < 4.78 is 0. The summed E-state index contributed by atoms with van der Waals surface area (Å²) in [5, 5.41) is 11.1. The van der Waals surface area contributed by atoms with Crippen molar-refractivity contribution in [2.75, 3.05) is 5.32 Å². The number of para-hydroxylation sites is 2. The zero-order chi connectivity index (χ0) is 16.2. The fourth-order valence-corrected chi connectivity index (χ4v) is 2.13. The van der Waals surface area contributed by atoms with E-state index in [1.165, 1.54) is 0 Å². The van der Waals surface area contributed by atoms with Crippen molar-refractivity contribution in [1.82, 2.24) is 9.97 Å². The molecule has 0 spiro atoms. The molecule has 23 heavy (non-hydrogen) atoms. The van der Waals surface area contributed by atoms with Crippen LogP contribution >= 0.6 is 0 Å². The average Bonchev–Trinajstić information content (AvgIpc) is 2.97. The number of carboxylic acids is 1. The number of nitrogens with one attached hydrogen (secondary N) is 2. The molecule has 0 aliphatic rings. The van der Waals surface area contributed by atoms with Gasteiger partial charge >= 0.3 is 5.97 Å². The Bertz CT molecular complexity index is 862. The topological polar surface area (TPSA) is 95.1 Å². The van der Waals surface area contributed by atoms with Crippen molar-refractivity contribution in [2.45, 2.75) is 0 Å². The minimum Gasteiger partial charge on any atom is -0.478 e. The second-order valence-electron chi connectivity index (χ2n) is 4.84. The Hall–Kier alpha value is -3.41. The van der Waals surface area contributed by atoms with Crippen LogP contribution < -0.4 is 5.32 Å². The van der Waals surface area contributed by atoms with E-state index in [0.717, 1.165) is 34.6 Å². The third-order valence-electron chi connectivity index (χ3n) is 3.19. The van der Waals surface area contributed by atoms with Crippen LogP contribution in [-0.4, -0.2) is 27.0 Å². The Morgan fingerprint density at radius 1 is 1.04 bits per heavy atom. The lowest BCUT2D eigenvalue weighted by molar-refractivity contribution is -0.131. The number of carbonyl (C=O) groups excluding carboxylic acids is 1. The highest BCUT2D eigenvalue weighted by Gasteiger charge is 2.05. The molecule has 0 unspecified atom stereocenters. The highest BCUT2D eigenvalue weighted by atomic mass is 16.4. The molecule has 0 atom stereocenters. The first-order chi connectivity index (χ1) is 11.1. The van der Waals surface area contributed by atoms with E-state index in [0.29, 0.717) is 5.69 Å². The van der Waals surface area contributed by atoms with E-state index in [1.807, 2.05) is 36.4 Å². The summed E-state index contributed by atoms with van der Waals surface area (Å²) in [6.45, 7) is 0. The van der Waals surface area contributed by atoms with E-state index >= 15 is 0 Å². The molecule has 0 aliphatic carbocycles. The van der Waals surface area contributed by atoms with Gasteiger partial charge in [0.2, 0.25) is 5.91 Å². The largest absolute Gasteiger partial charge is 0.478 e. The second kappa shape index (κ2) is 6.15. The van der Waals surface area contributed by atoms with Gasteiger partial charge in [-0.15, -0.1) is 0 Å². The number of hydrogen-bond acceptors (Lipinski definition) is 3. The molecule has 0 saturated heterocycles. The van der Waals surface area contributed by atoms with Gasteiger partial charge in [-0.05, 0) is 36.4 Å². The first-order valence-corrected chi connectivity index (χ1v) is 6.89. The van der Waals surface area contributed by atoms with Crippen LogP contribution in [0.2, 0.25) is 0 Å². The quantitative estimate of drug-likeness (QED) is 0.646. The summed E-state index contributed by atoms with van der Waals surface area (Å²) in [7, 11) is 0. The Kier molecular flexibility index (Phi) is 3.88. The van der Waals surface area contributed by atoms with Crippen molar-refractivity contribution in [3.05, 3.63) is 60.7 Å².